The molecule has 0 radical (unpaired) electrons. The molecule has 0 N–H and O–H groups in total. The summed E-state index contributed by atoms with van der Waals surface area (Å²) in [5.74, 6) is -0.276. The van der Waals surface area contributed by atoms with Crippen molar-refractivity contribution in [3.8, 4) is 0 Å². The molecule has 0 aromatic carbocycles. The van der Waals surface area contributed by atoms with Gasteiger partial charge in [0.15, 0.2) is 0 Å². The predicted molar refractivity (Wildman–Crippen MR) is 107 cm³/mol. The van der Waals surface area contributed by atoms with Crippen molar-refractivity contribution >= 4 is 5.97 Å². The number of rotatable bonds is 10. The van der Waals surface area contributed by atoms with Crippen molar-refractivity contribution in [1.29, 1.82) is 0 Å². The van der Waals surface area contributed by atoms with Gasteiger partial charge in [-0.3, -0.25) is 16.9 Å². The van der Waals surface area contributed by atoms with Gasteiger partial charge in [0.2, 0.25) is 0 Å². The number of methoxy groups -OCH3 is 1. The fraction of sp³-hybridized carbons (Fsp3) is 0.409. The number of nitrogens with zero attached hydrogens (tertiary/aromatic N) is 1. The van der Waals surface area contributed by atoms with Crippen molar-refractivity contribution < 1.29 is 51.7 Å². The number of hydrogen-bond acceptors (Lipinski definition) is 3. The van der Waals surface area contributed by atoms with Gasteiger partial charge in [-0.25, -0.2) is 0 Å². The Morgan fingerprint density at radius 2 is 1.33 bits per heavy atom. The molecule has 0 amide bonds. The van der Waals surface area contributed by atoms with Gasteiger partial charge < -0.3 is 47.1 Å². The van der Waals surface area contributed by atoms with Gasteiger partial charge >= 0.3 is 48.1 Å². The maximum absolute atomic E-state index is 11.6. The second-order valence-corrected chi connectivity index (χ2v) is 4.01. The fourth-order valence-corrected chi connectivity index (χ4v) is 1.44. The zero-order valence-corrected chi connectivity index (χ0v) is 23.2. The molecule has 0 aromatic rings. The van der Waals surface area contributed by atoms with Crippen LogP contribution in [0.1, 0.15) is 34.6 Å². The van der Waals surface area contributed by atoms with E-state index in [2.05, 4.69) is 12.2 Å². The maximum Gasteiger partial charge on any atom is 2.00 e. The summed E-state index contributed by atoms with van der Waals surface area (Å²) in [6.45, 7) is 21.4. The number of allylic oxidation sites excluding steroid dienone is 8. The van der Waals surface area contributed by atoms with Crippen molar-refractivity contribution in [2.75, 3.05) is 20.2 Å². The Morgan fingerprint density at radius 3 is 1.63 bits per heavy atom. The van der Waals surface area contributed by atoms with Crippen LogP contribution in [-0.2, 0) is 51.7 Å². The molecule has 1 unspecified atom stereocenters. The van der Waals surface area contributed by atoms with E-state index in [-0.39, 0.29) is 54.1 Å². The first kappa shape index (κ1) is 37.1. The topological polar surface area (TPSA) is 29.5 Å². The monoisotopic (exact) mass is 711 g/mol. The normalized spacial score (nSPS) is 11.1. The molecule has 0 aromatic heterocycles. The van der Waals surface area contributed by atoms with Crippen molar-refractivity contribution in [3.05, 3.63) is 73.9 Å². The SMILES string of the molecule is CC.CC.[CH-]=CC=[C-]/C=C/CN(C/C=C/[C-]=CC=[CH-])C(C)C(=O)OC.[W+2].[W+2]. The van der Waals surface area contributed by atoms with E-state index >= 15 is 0 Å². The van der Waals surface area contributed by atoms with E-state index in [1.807, 2.05) is 44.7 Å². The van der Waals surface area contributed by atoms with E-state index in [4.69, 9.17) is 17.9 Å². The Hall–Kier alpha value is -0.753. The van der Waals surface area contributed by atoms with Gasteiger partial charge in [0.05, 0.1) is 7.11 Å². The Bertz CT molecular complexity index is 412. The zero-order valence-electron chi connectivity index (χ0n) is 17.3. The van der Waals surface area contributed by atoms with Gasteiger partial charge in [0, 0.05) is 0 Å². The average Bonchev–Trinajstić information content (AvgIpc) is 2.68. The first-order valence-electron chi connectivity index (χ1n) is 8.54. The average molecular weight is 711 g/mol. The summed E-state index contributed by atoms with van der Waals surface area (Å²) in [7, 11) is 1.38. The minimum Gasteiger partial charge on any atom is -0.468 e. The van der Waals surface area contributed by atoms with Gasteiger partial charge in [0.1, 0.15) is 6.04 Å². The largest absolute Gasteiger partial charge is 2.00 e. The Kier molecular flexibility index (Phi) is 45.1. The smallest absolute Gasteiger partial charge is 0.468 e. The predicted octanol–water partition coefficient (Wildman–Crippen LogP) is 4.71. The van der Waals surface area contributed by atoms with Gasteiger partial charge in [0.25, 0.3) is 0 Å². The second kappa shape index (κ2) is 32.9. The summed E-state index contributed by atoms with van der Waals surface area (Å²) in [4.78, 5) is 13.6. The molecule has 0 bridgehead atoms. The van der Waals surface area contributed by atoms with Crippen LogP contribution >= 0.6 is 0 Å². The maximum atomic E-state index is 11.6. The molecule has 0 saturated heterocycles. The molecule has 0 spiro atoms. The van der Waals surface area contributed by atoms with Crippen LogP contribution in [-0.4, -0.2) is 37.1 Å². The summed E-state index contributed by atoms with van der Waals surface area (Å²) in [5, 5.41) is 0. The Labute approximate surface area is 196 Å². The summed E-state index contributed by atoms with van der Waals surface area (Å²) < 4.78 is 4.77. The molecule has 5 heteroatoms. The van der Waals surface area contributed by atoms with Gasteiger partial charge in [-0.15, -0.1) is 0 Å². The molecule has 150 valence electrons. The third-order valence-electron chi connectivity index (χ3n) is 2.58. The molecule has 0 aliphatic carbocycles. The third-order valence-corrected chi connectivity index (χ3v) is 2.58. The first-order chi connectivity index (χ1) is 12.2. The molecule has 0 heterocycles. The molecular weight excluding hydrogens is 678 g/mol. The van der Waals surface area contributed by atoms with E-state index in [1.165, 1.54) is 19.3 Å². The number of carbonyl (C=O) groups excluding carboxylic acids is 1. The Balaban J connectivity index is -0.000000250. The van der Waals surface area contributed by atoms with Crippen LogP contribution in [0.25, 0.3) is 0 Å². The first-order valence-corrected chi connectivity index (χ1v) is 8.54. The van der Waals surface area contributed by atoms with Crippen LogP contribution in [0.2, 0.25) is 0 Å². The fourth-order valence-electron chi connectivity index (χ4n) is 1.44. The molecule has 1 atom stereocenters. The van der Waals surface area contributed by atoms with Crippen LogP contribution in [0, 0.1) is 25.3 Å². The molecule has 0 rings (SSSR count). The van der Waals surface area contributed by atoms with E-state index < -0.39 is 0 Å². The van der Waals surface area contributed by atoms with Crippen LogP contribution in [0.4, 0.5) is 0 Å². The van der Waals surface area contributed by atoms with E-state index in [0.29, 0.717) is 13.1 Å². The van der Waals surface area contributed by atoms with Crippen LogP contribution < -0.4 is 0 Å². The molecule has 0 saturated carbocycles. The molecule has 0 aliphatic heterocycles. The molecule has 3 nitrogen and oxygen atoms in total. The zero-order chi connectivity index (χ0) is 19.9. The van der Waals surface area contributed by atoms with E-state index in [0.717, 1.165) is 0 Å². The standard InChI is InChI=1S/C18H21NO2.2C2H6.2W/c1-5-7-9-11-13-15-19(17(3)18(20)21-4)16-14-12-10-8-6-2;2*1-2;;/h1-2,5-8,11-14,17H,15-16H2,3-4H3;2*1-2H3;;/q-4;;;2*+2/b13-11+,14-12+;;;;. The van der Waals surface area contributed by atoms with Crippen molar-refractivity contribution in [2.24, 2.45) is 0 Å². The summed E-state index contributed by atoms with van der Waals surface area (Å²) in [6.07, 6.45) is 19.0. The van der Waals surface area contributed by atoms with Gasteiger partial charge in [-0.1, -0.05) is 27.7 Å². The third kappa shape index (κ3) is 25.2. The van der Waals surface area contributed by atoms with Gasteiger partial charge in [-0.05, 0) is 20.0 Å². The van der Waals surface area contributed by atoms with Crippen molar-refractivity contribution in [1.82, 2.24) is 4.90 Å². The van der Waals surface area contributed by atoms with Gasteiger partial charge in [-0.2, -0.15) is 24.3 Å². The minimum atomic E-state index is -0.348. The van der Waals surface area contributed by atoms with E-state index in [9.17, 15) is 4.79 Å². The summed E-state index contributed by atoms with van der Waals surface area (Å²) in [5.41, 5.74) is 0. The number of ether oxygens (including phenoxy) is 1. The Morgan fingerprint density at radius 1 is 0.963 bits per heavy atom. The molecule has 27 heavy (non-hydrogen) atoms. The minimum absolute atomic E-state index is 0. The number of hydrogen-bond donors (Lipinski definition) is 0. The second-order valence-electron chi connectivity index (χ2n) is 4.01. The molecular formula is C22H33NO2W2. The summed E-state index contributed by atoms with van der Waals surface area (Å²) in [6, 6.07) is -0.348. The molecule has 0 fully saturated rings. The molecule has 0 aliphatic rings. The quantitative estimate of drug-likeness (QED) is 0.187. The number of carbonyl (C=O) groups is 1. The summed E-state index contributed by atoms with van der Waals surface area (Å²) >= 11 is 0. The van der Waals surface area contributed by atoms with Crippen LogP contribution in [0.3, 0.4) is 0 Å². The number of esters is 1. The van der Waals surface area contributed by atoms with Crippen molar-refractivity contribution in [3.63, 3.8) is 0 Å². The van der Waals surface area contributed by atoms with Crippen LogP contribution in [0.5, 0.6) is 0 Å². The van der Waals surface area contributed by atoms with Crippen LogP contribution in [0.15, 0.2) is 48.6 Å². The van der Waals surface area contributed by atoms with Crippen molar-refractivity contribution in [2.45, 2.75) is 40.7 Å². The van der Waals surface area contributed by atoms with E-state index in [1.54, 1.807) is 31.2 Å².